The second-order valence-electron chi connectivity index (χ2n) is 7.01. The van der Waals surface area contributed by atoms with Crippen LogP contribution in [0, 0.1) is 0 Å². The third-order valence-corrected chi connectivity index (χ3v) is 5.16. The van der Waals surface area contributed by atoms with E-state index in [1.54, 1.807) is 12.1 Å². The summed E-state index contributed by atoms with van der Waals surface area (Å²) in [6.45, 7) is 1.91. The number of nitrogens with one attached hydrogen (secondary N) is 1. The van der Waals surface area contributed by atoms with E-state index in [4.69, 9.17) is 5.21 Å². The first-order chi connectivity index (χ1) is 14.1. The summed E-state index contributed by atoms with van der Waals surface area (Å²) in [7, 11) is 0. The van der Waals surface area contributed by atoms with Gasteiger partial charge in [0.25, 0.3) is 11.5 Å². The van der Waals surface area contributed by atoms with E-state index in [9.17, 15) is 14.4 Å². The Morgan fingerprint density at radius 3 is 2.41 bits per heavy atom. The molecule has 0 bridgehead atoms. The number of fused-ring (bicyclic) bond motifs is 1. The Bertz CT molecular complexity index is 1130. The highest BCUT2D eigenvalue weighted by molar-refractivity contribution is 5.98. The van der Waals surface area contributed by atoms with Crippen molar-refractivity contribution in [3.05, 3.63) is 70.3 Å². The molecule has 0 spiro atoms. The van der Waals surface area contributed by atoms with Crippen LogP contribution in [0.3, 0.4) is 0 Å². The number of nitrogens with zero attached hydrogens (tertiary/aromatic N) is 3. The van der Waals surface area contributed by atoms with Gasteiger partial charge in [-0.05, 0) is 55.3 Å². The Morgan fingerprint density at radius 1 is 1.03 bits per heavy atom. The topological polar surface area (TPSA) is 105 Å². The van der Waals surface area contributed by atoms with Crippen LogP contribution in [0.25, 0.3) is 10.9 Å². The zero-order valence-corrected chi connectivity index (χ0v) is 15.7. The van der Waals surface area contributed by atoms with Gasteiger partial charge in [-0.3, -0.25) is 24.2 Å². The minimum atomic E-state index is -0.726. The average molecular weight is 392 g/mol. The number of carbonyl (C=O) groups excluding carboxylic acids is 2. The van der Waals surface area contributed by atoms with Crippen LogP contribution in [0.15, 0.2) is 53.6 Å². The fraction of sp³-hybridized carbons (Fsp3) is 0.238. The molecule has 0 saturated carbocycles. The van der Waals surface area contributed by atoms with Gasteiger partial charge < -0.3 is 4.90 Å². The molecule has 148 valence electrons. The predicted octanol–water partition coefficient (Wildman–Crippen LogP) is 2.00. The Hall–Kier alpha value is -3.52. The molecule has 1 fully saturated rings. The third kappa shape index (κ3) is 3.74. The zero-order valence-electron chi connectivity index (χ0n) is 15.7. The number of Topliss-reactive ketones (excluding diaryl/α,β-unsaturated/α-hetero) is 1. The van der Waals surface area contributed by atoms with Gasteiger partial charge in [0.1, 0.15) is 0 Å². The minimum absolute atomic E-state index is 0.125. The van der Waals surface area contributed by atoms with Crippen molar-refractivity contribution in [3.63, 3.8) is 0 Å². The largest absolute Gasteiger partial charge is 0.372 e. The highest BCUT2D eigenvalue weighted by atomic mass is 16.5. The van der Waals surface area contributed by atoms with Gasteiger partial charge in [-0.15, -0.1) is 0 Å². The third-order valence-electron chi connectivity index (χ3n) is 5.16. The maximum atomic E-state index is 12.8. The molecule has 8 nitrogen and oxygen atoms in total. The van der Waals surface area contributed by atoms with Crippen LogP contribution < -0.4 is 15.9 Å². The SMILES string of the molecule is O=C(Cn1cnc2ccc(C(=O)NO)cc2c1=O)c1ccc(N2CCCC2)cc1. The van der Waals surface area contributed by atoms with E-state index in [0.717, 1.165) is 18.8 Å². The number of anilines is 1. The van der Waals surface area contributed by atoms with E-state index in [2.05, 4.69) is 9.88 Å². The number of benzene rings is 2. The van der Waals surface area contributed by atoms with E-state index in [1.807, 2.05) is 12.1 Å². The van der Waals surface area contributed by atoms with Crippen molar-refractivity contribution in [2.24, 2.45) is 0 Å². The first-order valence-corrected chi connectivity index (χ1v) is 9.38. The van der Waals surface area contributed by atoms with Gasteiger partial charge in [-0.25, -0.2) is 10.5 Å². The van der Waals surface area contributed by atoms with Crippen LogP contribution in [0.5, 0.6) is 0 Å². The molecule has 3 aromatic rings. The second-order valence-corrected chi connectivity index (χ2v) is 7.01. The maximum absolute atomic E-state index is 12.8. The van der Waals surface area contributed by atoms with E-state index in [1.165, 1.54) is 47.4 Å². The molecule has 0 aliphatic carbocycles. The molecule has 2 N–H and O–H groups in total. The molecular formula is C21H20N4O4. The molecule has 2 aromatic carbocycles. The lowest BCUT2D eigenvalue weighted by Crippen LogP contribution is -2.25. The summed E-state index contributed by atoms with van der Waals surface area (Å²) in [6.07, 6.45) is 3.69. The fourth-order valence-electron chi connectivity index (χ4n) is 3.56. The number of amides is 1. The molecule has 0 atom stereocenters. The monoisotopic (exact) mass is 392 g/mol. The molecule has 1 aromatic heterocycles. The molecule has 29 heavy (non-hydrogen) atoms. The molecule has 1 aliphatic rings. The van der Waals surface area contributed by atoms with Crippen LogP contribution in [0.1, 0.15) is 33.6 Å². The van der Waals surface area contributed by atoms with Gasteiger partial charge in [-0.2, -0.15) is 0 Å². The van der Waals surface area contributed by atoms with Crippen molar-refractivity contribution in [2.45, 2.75) is 19.4 Å². The molecule has 8 heteroatoms. The number of carbonyl (C=O) groups is 2. The molecule has 1 amide bonds. The van der Waals surface area contributed by atoms with Crippen molar-refractivity contribution < 1.29 is 14.8 Å². The predicted molar refractivity (Wildman–Crippen MR) is 107 cm³/mol. The molecule has 4 rings (SSSR count). The van der Waals surface area contributed by atoms with E-state index >= 15 is 0 Å². The number of hydrogen-bond acceptors (Lipinski definition) is 6. The highest BCUT2D eigenvalue weighted by Gasteiger charge is 2.15. The zero-order chi connectivity index (χ0) is 20.4. The Kier molecular flexibility index (Phi) is 5.09. The van der Waals surface area contributed by atoms with Gasteiger partial charge in [-0.1, -0.05) is 0 Å². The second kappa shape index (κ2) is 7.84. The molecule has 0 radical (unpaired) electrons. The molecule has 1 saturated heterocycles. The first-order valence-electron chi connectivity index (χ1n) is 9.38. The van der Waals surface area contributed by atoms with Crippen LogP contribution in [0.4, 0.5) is 5.69 Å². The van der Waals surface area contributed by atoms with Gasteiger partial charge in [0.05, 0.1) is 23.8 Å². The summed E-state index contributed by atoms with van der Waals surface area (Å²) in [5.41, 5.74) is 3.25. The van der Waals surface area contributed by atoms with E-state index < -0.39 is 11.5 Å². The summed E-state index contributed by atoms with van der Waals surface area (Å²) < 4.78 is 1.22. The lowest BCUT2D eigenvalue weighted by molar-refractivity contribution is 0.0706. The summed E-state index contributed by atoms with van der Waals surface area (Å²) in [5, 5.41) is 8.97. The van der Waals surface area contributed by atoms with Gasteiger partial charge in [0.15, 0.2) is 5.78 Å². The van der Waals surface area contributed by atoms with Crippen LogP contribution in [0.2, 0.25) is 0 Å². The summed E-state index contributed by atoms with van der Waals surface area (Å²) in [5.74, 6) is -0.929. The molecule has 0 unspecified atom stereocenters. The first kappa shape index (κ1) is 18.8. The summed E-state index contributed by atoms with van der Waals surface area (Å²) in [4.78, 5) is 43.5. The van der Waals surface area contributed by atoms with Crippen LogP contribution in [-0.4, -0.2) is 39.5 Å². The summed E-state index contributed by atoms with van der Waals surface area (Å²) in [6, 6.07) is 11.7. The minimum Gasteiger partial charge on any atom is -0.372 e. The van der Waals surface area contributed by atoms with Crippen molar-refractivity contribution >= 4 is 28.3 Å². The van der Waals surface area contributed by atoms with Crippen molar-refractivity contribution in [2.75, 3.05) is 18.0 Å². The van der Waals surface area contributed by atoms with Crippen molar-refractivity contribution in [3.8, 4) is 0 Å². The Balaban J connectivity index is 1.58. The lowest BCUT2D eigenvalue weighted by Gasteiger charge is -2.17. The van der Waals surface area contributed by atoms with Crippen LogP contribution in [-0.2, 0) is 6.54 Å². The van der Waals surface area contributed by atoms with Crippen LogP contribution >= 0.6 is 0 Å². The molecule has 1 aliphatic heterocycles. The van der Waals surface area contributed by atoms with Gasteiger partial charge in [0, 0.05) is 29.9 Å². The fourth-order valence-corrected chi connectivity index (χ4v) is 3.56. The number of ketones is 1. The standard InChI is InChI=1S/C21H20N4O4/c26-19(14-3-6-16(7-4-14)24-9-1-2-10-24)12-25-13-22-18-8-5-15(20(27)23-29)11-17(18)21(25)28/h3-8,11,13,29H,1-2,9-10,12H2,(H,23,27). The van der Waals surface area contributed by atoms with Crippen molar-refractivity contribution in [1.82, 2.24) is 15.0 Å². The number of hydrogen-bond donors (Lipinski definition) is 2. The summed E-state index contributed by atoms with van der Waals surface area (Å²) >= 11 is 0. The van der Waals surface area contributed by atoms with Gasteiger partial charge in [0.2, 0.25) is 0 Å². The Labute approximate surface area is 166 Å². The molecule has 2 heterocycles. The van der Waals surface area contributed by atoms with E-state index in [-0.39, 0.29) is 23.3 Å². The smallest absolute Gasteiger partial charge is 0.274 e. The normalized spacial score (nSPS) is 13.6. The van der Waals surface area contributed by atoms with Gasteiger partial charge >= 0.3 is 0 Å². The highest BCUT2D eigenvalue weighted by Crippen LogP contribution is 2.20. The number of rotatable bonds is 5. The number of aromatic nitrogens is 2. The van der Waals surface area contributed by atoms with Crippen molar-refractivity contribution in [1.29, 1.82) is 0 Å². The maximum Gasteiger partial charge on any atom is 0.274 e. The average Bonchev–Trinajstić information content (AvgIpc) is 3.30. The molecular weight excluding hydrogens is 372 g/mol. The quantitative estimate of drug-likeness (QED) is 0.391. The lowest BCUT2D eigenvalue weighted by atomic mass is 10.1. The number of hydroxylamine groups is 1. The van der Waals surface area contributed by atoms with E-state index in [0.29, 0.717) is 11.1 Å². The Morgan fingerprint density at radius 2 is 1.72 bits per heavy atom.